The van der Waals surface area contributed by atoms with Gasteiger partial charge in [-0.2, -0.15) is 0 Å². The maximum Gasteiger partial charge on any atom is 0.149 e. The van der Waals surface area contributed by atoms with Gasteiger partial charge in [0.05, 0.1) is 12.7 Å². The first-order valence-electron chi connectivity index (χ1n) is 8.71. The Labute approximate surface area is 137 Å². The summed E-state index contributed by atoms with van der Waals surface area (Å²) in [5, 5.41) is 0. The molecule has 4 heteroatoms. The fraction of sp³-hybridized carbons (Fsp3) is 0.941. The first-order chi connectivity index (χ1) is 10.0. The van der Waals surface area contributed by atoms with Crippen LogP contribution in [0.4, 0.5) is 0 Å². The Hall–Kier alpha value is 0.0700. The zero-order valence-corrected chi connectivity index (χ0v) is 15.0. The van der Waals surface area contributed by atoms with E-state index in [9.17, 15) is 4.79 Å². The number of nitrogens with zero attached hydrogens (tertiary/aromatic N) is 2. The minimum atomic E-state index is 0.320. The van der Waals surface area contributed by atoms with Gasteiger partial charge in [0.1, 0.15) is 5.78 Å². The molecule has 0 aromatic rings. The molecule has 1 saturated carbocycles. The topological polar surface area (TPSA) is 23.6 Å². The first-order valence-corrected chi connectivity index (χ1v) is 9.62. The van der Waals surface area contributed by atoms with Gasteiger partial charge in [0.2, 0.25) is 0 Å². The summed E-state index contributed by atoms with van der Waals surface area (Å²) >= 11 is 3.69. The summed E-state index contributed by atoms with van der Waals surface area (Å²) in [6, 6.07) is 0.539. The van der Waals surface area contributed by atoms with Crippen molar-refractivity contribution in [3.63, 3.8) is 0 Å². The first kappa shape index (κ1) is 15.9. The lowest BCUT2D eigenvalue weighted by Crippen LogP contribution is -2.47. The minimum Gasteiger partial charge on any atom is -0.298 e. The molecule has 0 aromatic heterocycles. The van der Waals surface area contributed by atoms with Gasteiger partial charge in [-0.1, -0.05) is 22.9 Å². The summed E-state index contributed by atoms with van der Waals surface area (Å²) in [6.45, 7) is 7.71. The van der Waals surface area contributed by atoms with E-state index in [1.54, 1.807) is 0 Å². The van der Waals surface area contributed by atoms with Crippen LogP contribution in [0.3, 0.4) is 0 Å². The standard InChI is InChI=1S/C17H29BrN2O/c1-12-7-8-19-10-13(2)20(17(19)9-12)11-16(21)14-3-5-15(18)6-4-14/h12-15,17H,3-11H2,1-2H3. The van der Waals surface area contributed by atoms with Crippen LogP contribution in [0.2, 0.25) is 0 Å². The van der Waals surface area contributed by atoms with Crippen molar-refractivity contribution in [2.75, 3.05) is 19.6 Å². The molecule has 21 heavy (non-hydrogen) atoms. The van der Waals surface area contributed by atoms with E-state index >= 15 is 0 Å². The quantitative estimate of drug-likeness (QED) is 0.725. The van der Waals surface area contributed by atoms with E-state index in [4.69, 9.17) is 0 Å². The van der Waals surface area contributed by atoms with Crippen LogP contribution >= 0.6 is 15.9 Å². The van der Waals surface area contributed by atoms with E-state index in [0.717, 1.165) is 25.3 Å². The number of halogens is 1. The fourth-order valence-corrected chi connectivity index (χ4v) is 4.93. The van der Waals surface area contributed by atoms with Crippen molar-refractivity contribution in [1.29, 1.82) is 0 Å². The molecule has 0 N–H and O–H groups in total. The lowest BCUT2D eigenvalue weighted by molar-refractivity contribution is -0.126. The summed E-state index contributed by atoms with van der Waals surface area (Å²) in [7, 11) is 0. The molecule has 0 radical (unpaired) electrons. The highest BCUT2D eigenvalue weighted by atomic mass is 79.9. The Morgan fingerprint density at radius 2 is 1.86 bits per heavy atom. The van der Waals surface area contributed by atoms with Crippen molar-refractivity contribution < 1.29 is 4.79 Å². The summed E-state index contributed by atoms with van der Waals surface area (Å²) in [6.07, 6.45) is 7.59. The fourth-order valence-electron chi connectivity index (χ4n) is 4.40. The highest BCUT2D eigenvalue weighted by molar-refractivity contribution is 9.09. The third kappa shape index (κ3) is 3.53. The highest BCUT2D eigenvalue weighted by Gasteiger charge is 2.41. The lowest BCUT2D eigenvalue weighted by atomic mass is 9.86. The SMILES string of the molecule is CC1CCN2CC(C)N(CC(=O)C3CCC(Br)CC3)C2C1. The molecular weight excluding hydrogens is 328 g/mol. The van der Waals surface area contributed by atoms with Crippen molar-refractivity contribution in [1.82, 2.24) is 9.80 Å². The van der Waals surface area contributed by atoms with E-state index < -0.39 is 0 Å². The van der Waals surface area contributed by atoms with Crippen LogP contribution in [0.25, 0.3) is 0 Å². The van der Waals surface area contributed by atoms with Gasteiger partial charge in [-0.05, 0) is 57.9 Å². The average molecular weight is 357 g/mol. The van der Waals surface area contributed by atoms with E-state index in [0.29, 0.717) is 35.3 Å². The number of hydrogen-bond acceptors (Lipinski definition) is 3. The number of piperidine rings is 1. The highest BCUT2D eigenvalue weighted by Crippen LogP contribution is 2.33. The molecule has 2 saturated heterocycles. The van der Waals surface area contributed by atoms with Crippen LogP contribution in [-0.2, 0) is 4.79 Å². The van der Waals surface area contributed by atoms with Gasteiger partial charge in [-0.25, -0.2) is 0 Å². The number of hydrogen-bond donors (Lipinski definition) is 0. The van der Waals surface area contributed by atoms with Gasteiger partial charge in [0.25, 0.3) is 0 Å². The Balaban J connectivity index is 1.59. The number of fused-ring (bicyclic) bond motifs is 1. The normalized spacial score (nSPS) is 42.0. The molecule has 3 unspecified atom stereocenters. The zero-order valence-electron chi connectivity index (χ0n) is 13.4. The molecule has 1 aliphatic carbocycles. The number of carbonyl (C=O) groups is 1. The third-order valence-corrected chi connectivity index (χ3v) is 6.76. The molecule has 3 aliphatic rings. The predicted octanol–water partition coefficient (Wildman–Crippen LogP) is 3.27. The second kappa shape index (κ2) is 6.67. The minimum absolute atomic E-state index is 0.320. The average Bonchev–Trinajstić information content (AvgIpc) is 2.76. The van der Waals surface area contributed by atoms with Crippen molar-refractivity contribution in [3.8, 4) is 0 Å². The molecule has 2 aliphatic heterocycles. The molecule has 0 spiro atoms. The van der Waals surface area contributed by atoms with Crippen molar-refractivity contribution in [2.24, 2.45) is 11.8 Å². The Kier molecular flexibility index (Phi) is 5.07. The Morgan fingerprint density at radius 3 is 2.57 bits per heavy atom. The maximum absolute atomic E-state index is 12.7. The molecule has 2 heterocycles. The molecule has 120 valence electrons. The summed E-state index contributed by atoms with van der Waals surface area (Å²) in [5.74, 6) is 1.63. The van der Waals surface area contributed by atoms with Crippen LogP contribution in [0, 0.1) is 11.8 Å². The van der Waals surface area contributed by atoms with Crippen LogP contribution in [-0.4, -0.2) is 52.3 Å². The van der Waals surface area contributed by atoms with Crippen molar-refractivity contribution >= 4 is 21.7 Å². The maximum atomic E-state index is 12.7. The Bertz CT molecular complexity index is 381. The van der Waals surface area contributed by atoms with Gasteiger partial charge in [-0.3, -0.25) is 14.6 Å². The van der Waals surface area contributed by atoms with E-state index in [-0.39, 0.29) is 0 Å². The molecule has 3 fully saturated rings. The number of Topliss-reactive ketones (excluding diaryl/α,β-unsaturated/α-hetero) is 1. The molecule has 3 rings (SSSR count). The summed E-state index contributed by atoms with van der Waals surface area (Å²) in [4.78, 5) is 18.4. The molecule has 0 bridgehead atoms. The van der Waals surface area contributed by atoms with Gasteiger partial charge in [0.15, 0.2) is 0 Å². The molecule has 0 amide bonds. The van der Waals surface area contributed by atoms with Crippen LogP contribution in [0.15, 0.2) is 0 Å². The van der Waals surface area contributed by atoms with Gasteiger partial charge in [-0.15, -0.1) is 0 Å². The van der Waals surface area contributed by atoms with Gasteiger partial charge >= 0.3 is 0 Å². The van der Waals surface area contributed by atoms with E-state index in [1.807, 2.05) is 0 Å². The van der Waals surface area contributed by atoms with Crippen molar-refractivity contribution in [3.05, 3.63) is 0 Å². The number of rotatable bonds is 3. The predicted molar refractivity (Wildman–Crippen MR) is 89.6 cm³/mol. The van der Waals surface area contributed by atoms with E-state index in [1.165, 1.54) is 32.2 Å². The molecule has 3 atom stereocenters. The summed E-state index contributed by atoms with van der Waals surface area (Å²) < 4.78 is 0. The monoisotopic (exact) mass is 356 g/mol. The smallest absolute Gasteiger partial charge is 0.149 e. The van der Waals surface area contributed by atoms with Gasteiger partial charge < -0.3 is 0 Å². The van der Waals surface area contributed by atoms with Gasteiger partial charge in [0, 0.05) is 23.3 Å². The third-order valence-electron chi connectivity index (χ3n) is 5.84. The largest absolute Gasteiger partial charge is 0.298 e. The second-order valence-electron chi connectivity index (χ2n) is 7.54. The van der Waals surface area contributed by atoms with E-state index in [2.05, 4.69) is 39.6 Å². The van der Waals surface area contributed by atoms with Crippen LogP contribution < -0.4 is 0 Å². The lowest BCUT2D eigenvalue weighted by Gasteiger charge is -2.38. The Morgan fingerprint density at radius 1 is 1.14 bits per heavy atom. The molecule has 0 aromatic carbocycles. The van der Waals surface area contributed by atoms with Crippen LogP contribution in [0.1, 0.15) is 52.4 Å². The number of alkyl halides is 1. The summed E-state index contributed by atoms with van der Waals surface area (Å²) in [5.41, 5.74) is 0. The number of ketones is 1. The molecule has 3 nitrogen and oxygen atoms in total. The second-order valence-corrected chi connectivity index (χ2v) is 8.84. The zero-order chi connectivity index (χ0) is 15.0. The number of carbonyl (C=O) groups excluding carboxylic acids is 1. The van der Waals surface area contributed by atoms with Crippen LogP contribution in [0.5, 0.6) is 0 Å². The van der Waals surface area contributed by atoms with Crippen molar-refractivity contribution in [2.45, 2.75) is 69.4 Å². The molecular formula is C17H29BrN2O.